The van der Waals surface area contributed by atoms with Gasteiger partial charge < -0.3 is 14.8 Å². The number of carbonyl (C=O) groups is 2. The maximum atomic E-state index is 12.8. The van der Waals surface area contributed by atoms with E-state index >= 15 is 0 Å². The van der Waals surface area contributed by atoms with Crippen molar-refractivity contribution in [1.29, 1.82) is 0 Å². The number of anilines is 1. The Hall–Kier alpha value is -3.20. The summed E-state index contributed by atoms with van der Waals surface area (Å²) in [4.78, 5) is 43.3. The number of thiophene rings is 1. The third-order valence-electron chi connectivity index (χ3n) is 5.09. The summed E-state index contributed by atoms with van der Waals surface area (Å²) in [6, 6.07) is 6.88. The fourth-order valence-electron chi connectivity index (χ4n) is 3.48. The second-order valence-corrected chi connectivity index (χ2v) is 8.09. The van der Waals surface area contributed by atoms with Crippen LogP contribution in [-0.2, 0) is 22.5 Å². The van der Waals surface area contributed by atoms with Gasteiger partial charge in [0, 0.05) is 24.7 Å². The first kappa shape index (κ1) is 20.1. The van der Waals surface area contributed by atoms with Crippen LogP contribution in [0.5, 0.6) is 5.75 Å². The number of hydrogen-bond acceptors (Lipinski definition) is 7. The lowest BCUT2D eigenvalue weighted by atomic mass is 10.2. The van der Waals surface area contributed by atoms with Gasteiger partial charge in [-0.15, -0.1) is 11.3 Å². The maximum absolute atomic E-state index is 12.8. The van der Waals surface area contributed by atoms with Crippen molar-refractivity contribution in [2.45, 2.75) is 39.3 Å². The molecule has 0 aliphatic carbocycles. The van der Waals surface area contributed by atoms with Crippen LogP contribution in [0.25, 0.3) is 10.2 Å². The van der Waals surface area contributed by atoms with Gasteiger partial charge in [0.05, 0.1) is 12.5 Å². The molecule has 1 atom stereocenters. The topological polar surface area (TPSA) is 99.5 Å². The number of rotatable bonds is 5. The Morgan fingerprint density at radius 1 is 1.33 bits per heavy atom. The van der Waals surface area contributed by atoms with Gasteiger partial charge in [-0.05, 0) is 38.0 Å². The zero-order valence-electron chi connectivity index (χ0n) is 16.9. The third kappa shape index (κ3) is 3.56. The normalized spacial score (nSPS) is 13.7. The first-order chi connectivity index (χ1) is 14.4. The van der Waals surface area contributed by atoms with Crippen molar-refractivity contribution < 1.29 is 19.1 Å². The highest BCUT2D eigenvalue weighted by Crippen LogP contribution is 2.29. The van der Waals surface area contributed by atoms with Crippen molar-refractivity contribution in [2.24, 2.45) is 0 Å². The summed E-state index contributed by atoms with van der Waals surface area (Å²) in [5, 5.41) is 3.15. The zero-order chi connectivity index (χ0) is 21.4. The molecule has 0 bridgehead atoms. The average molecular weight is 427 g/mol. The minimum atomic E-state index is -1.02. The Morgan fingerprint density at radius 3 is 2.90 bits per heavy atom. The average Bonchev–Trinajstić information content (AvgIpc) is 3.33. The van der Waals surface area contributed by atoms with E-state index in [0.29, 0.717) is 38.6 Å². The molecule has 0 spiro atoms. The Balaban J connectivity index is 1.52. The highest BCUT2D eigenvalue weighted by molar-refractivity contribution is 7.20. The van der Waals surface area contributed by atoms with E-state index in [2.05, 4.69) is 10.3 Å². The molecular weight excluding hydrogens is 406 g/mol. The van der Waals surface area contributed by atoms with Crippen LogP contribution in [0.1, 0.15) is 34.4 Å². The van der Waals surface area contributed by atoms with Crippen molar-refractivity contribution in [2.75, 3.05) is 12.4 Å². The lowest BCUT2D eigenvalue weighted by molar-refractivity contribution is -0.123. The SMILES string of the molecule is COc1cccc(NC(=O)[C@H](C)OC(=O)c2sc3nc4n(c(=O)c3c2C)CCC4)c1. The minimum Gasteiger partial charge on any atom is -0.497 e. The number of carbonyl (C=O) groups excluding carboxylic acids is 2. The van der Waals surface area contributed by atoms with E-state index < -0.39 is 18.0 Å². The van der Waals surface area contributed by atoms with Crippen molar-refractivity contribution in [3.05, 3.63) is 50.9 Å². The highest BCUT2D eigenvalue weighted by Gasteiger charge is 2.26. The van der Waals surface area contributed by atoms with Crippen LogP contribution in [0.4, 0.5) is 5.69 Å². The molecule has 0 unspecified atom stereocenters. The van der Waals surface area contributed by atoms with E-state index in [1.807, 2.05) is 0 Å². The van der Waals surface area contributed by atoms with Crippen molar-refractivity contribution in [3.8, 4) is 5.75 Å². The van der Waals surface area contributed by atoms with Crippen molar-refractivity contribution >= 4 is 39.1 Å². The summed E-state index contributed by atoms with van der Waals surface area (Å²) < 4.78 is 12.2. The molecule has 2 aromatic heterocycles. The standard InChI is InChI=1S/C21H21N3O5S/c1-11-16-19(23-15-8-5-9-24(15)20(16)26)30-17(11)21(27)29-12(2)18(25)22-13-6-4-7-14(10-13)28-3/h4,6-7,10,12H,5,8-9H2,1-3H3,(H,22,25)/t12-/m0/s1. The van der Waals surface area contributed by atoms with Gasteiger partial charge in [-0.2, -0.15) is 0 Å². The number of hydrogen-bond donors (Lipinski definition) is 1. The van der Waals surface area contributed by atoms with Crippen LogP contribution in [-0.4, -0.2) is 34.6 Å². The van der Waals surface area contributed by atoms with Gasteiger partial charge in [0.1, 0.15) is 21.3 Å². The highest BCUT2D eigenvalue weighted by atomic mass is 32.1. The van der Waals surface area contributed by atoms with Gasteiger partial charge in [-0.3, -0.25) is 14.2 Å². The predicted molar refractivity (Wildman–Crippen MR) is 113 cm³/mol. The van der Waals surface area contributed by atoms with Gasteiger partial charge >= 0.3 is 5.97 Å². The molecule has 0 saturated heterocycles. The van der Waals surface area contributed by atoms with E-state index in [1.54, 1.807) is 35.8 Å². The molecule has 1 N–H and O–H groups in total. The molecule has 30 heavy (non-hydrogen) atoms. The van der Waals surface area contributed by atoms with E-state index in [0.717, 1.165) is 30.0 Å². The summed E-state index contributed by atoms with van der Waals surface area (Å²) in [5.74, 6) is 0.240. The van der Waals surface area contributed by atoms with Crippen LogP contribution in [0.2, 0.25) is 0 Å². The molecule has 4 rings (SSSR count). The number of esters is 1. The van der Waals surface area contributed by atoms with E-state index in [4.69, 9.17) is 9.47 Å². The third-order valence-corrected chi connectivity index (χ3v) is 6.25. The minimum absolute atomic E-state index is 0.121. The van der Waals surface area contributed by atoms with Gasteiger partial charge in [0.15, 0.2) is 6.10 Å². The number of amides is 1. The Kier molecular flexibility index (Phi) is 5.29. The van der Waals surface area contributed by atoms with Crippen molar-refractivity contribution in [1.82, 2.24) is 9.55 Å². The molecule has 1 aliphatic heterocycles. The van der Waals surface area contributed by atoms with Crippen LogP contribution in [0.15, 0.2) is 29.1 Å². The second kappa shape index (κ2) is 7.91. The fourth-order valence-corrected chi connectivity index (χ4v) is 4.56. The molecule has 3 heterocycles. The van der Waals surface area contributed by atoms with Crippen molar-refractivity contribution in [3.63, 3.8) is 0 Å². The molecule has 1 amide bonds. The summed E-state index contributed by atoms with van der Waals surface area (Å²) in [6.07, 6.45) is 0.629. The number of benzene rings is 1. The first-order valence-corrected chi connectivity index (χ1v) is 10.4. The summed E-state index contributed by atoms with van der Waals surface area (Å²) in [7, 11) is 1.54. The molecule has 0 radical (unpaired) electrons. The molecule has 8 nitrogen and oxygen atoms in total. The van der Waals surface area contributed by atoms with Crippen LogP contribution >= 0.6 is 11.3 Å². The molecule has 9 heteroatoms. The molecule has 3 aromatic rings. The molecular formula is C21H21N3O5S. The Bertz CT molecular complexity index is 1210. The van der Waals surface area contributed by atoms with Gasteiger partial charge in [0.2, 0.25) is 0 Å². The molecule has 1 aliphatic rings. The lowest BCUT2D eigenvalue weighted by Crippen LogP contribution is -2.30. The van der Waals surface area contributed by atoms with Gasteiger partial charge in [-0.1, -0.05) is 6.07 Å². The van der Waals surface area contributed by atoms with Crippen LogP contribution in [0.3, 0.4) is 0 Å². The molecule has 0 saturated carbocycles. The fraction of sp³-hybridized carbons (Fsp3) is 0.333. The monoisotopic (exact) mass is 427 g/mol. The summed E-state index contributed by atoms with van der Waals surface area (Å²) >= 11 is 1.13. The van der Waals surface area contributed by atoms with E-state index in [1.165, 1.54) is 14.0 Å². The quantitative estimate of drug-likeness (QED) is 0.629. The van der Waals surface area contributed by atoms with E-state index in [-0.39, 0.29) is 5.56 Å². The molecule has 1 aromatic carbocycles. The number of nitrogens with zero attached hydrogens (tertiary/aromatic N) is 2. The Labute approximate surface area is 176 Å². The summed E-state index contributed by atoms with van der Waals surface area (Å²) in [6.45, 7) is 3.85. The number of methoxy groups -OCH3 is 1. The molecule has 156 valence electrons. The number of fused-ring (bicyclic) bond motifs is 2. The maximum Gasteiger partial charge on any atom is 0.349 e. The predicted octanol–water partition coefficient (Wildman–Crippen LogP) is 2.91. The first-order valence-electron chi connectivity index (χ1n) is 9.57. The number of aryl methyl sites for hydroxylation is 2. The number of ether oxygens (including phenoxy) is 2. The summed E-state index contributed by atoms with van der Waals surface area (Å²) in [5.41, 5.74) is 0.955. The lowest BCUT2D eigenvalue weighted by Gasteiger charge is -2.13. The van der Waals surface area contributed by atoms with E-state index in [9.17, 15) is 14.4 Å². The largest absolute Gasteiger partial charge is 0.497 e. The van der Waals surface area contributed by atoms with Gasteiger partial charge in [-0.25, -0.2) is 9.78 Å². The number of nitrogens with one attached hydrogen (secondary N) is 1. The van der Waals surface area contributed by atoms with Gasteiger partial charge in [0.25, 0.3) is 11.5 Å². The Morgan fingerprint density at radius 2 is 2.13 bits per heavy atom. The molecule has 0 fully saturated rings. The smallest absolute Gasteiger partial charge is 0.349 e. The second-order valence-electron chi connectivity index (χ2n) is 7.09. The number of aromatic nitrogens is 2. The zero-order valence-corrected chi connectivity index (χ0v) is 17.7. The van der Waals surface area contributed by atoms with Crippen LogP contribution < -0.4 is 15.6 Å². The van der Waals surface area contributed by atoms with Crippen LogP contribution in [0, 0.1) is 6.92 Å².